The second kappa shape index (κ2) is 8.12. The summed E-state index contributed by atoms with van der Waals surface area (Å²) in [5.41, 5.74) is -1.84. The minimum atomic E-state index is -3.32. The van der Waals surface area contributed by atoms with Crippen molar-refractivity contribution in [2.24, 2.45) is 5.92 Å². The summed E-state index contributed by atoms with van der Waals surface area (Å²) in [6.07, 6.45) is 0. The van der Waals surface area contributed by atoms with Crippen LogP contribution in [0.2, 0.25) is 0 Å². The van der Waals surface area contributed by atoms with E-state index >= 15 is 0 Å². The quantitative estimate of drug-likeness (QED) is 0.475. The van der Waals surface area contributed by atoms with Crippen LogP contribution in [-0.2, 0) is 5.92 Å². The van der Waals surface area contributed by atoms with E-state index in [-0.39, 0.29) is 23.1 Å². The Balaban J connectivity index is 2.52. The highest BCUT2D eigenvalue weighted by molar-refractivity contribution is 6.02. The lowest BCUT2D eigenvalue weighted by Crippen LogP contribution is -2.27. The fourth-order valence-electron chi connectivity index (χ4n) is 2.90. The molecular weight excluding hydrogens is 376 g/mol. The van der Waals surface area contributed by atoms with Gasteiger partial charge >= 0.3 is 0 Å². The van der Waals surface area contributed by atoms with Crippen LogP contribution in [0.15, 0.2) is 23.0 Å². The number of nitrogens with zero attached hydrogens (tertiary/aromatic N) is 1. The zero-order valence-electron chi connectivity index (χ0n) is 16.0. The molecule has 0 bridgehead atoms. The molecule has 2 aromatic rings. The third-order valence-corrected chi connectivity index (χ3v) is 4.26. The highest BCUT2D eigenvalue weighted by Gasteiger charge is 2.29. The van der Waals surface area contributed by atoms with Gasteiger partial charge in [-0.3, -0.25) is 4.79 Å². The molecule has 28 heavy (non-hydrogen) atoms. The number of halogens is 4. The molecule has 0 saturated heterocycles. The number of aromatic nitrogens is 2. The number of aromatic amines is 1. The molecule has 152 valence electrons. The lowest BCUT2D eigenvalue weighted by atomic mass is 9.94. The van der Waals surface area contributed by atoms with E-state index in [0.29, 0.717) is 12.5 Å². The summed E-state index contributed by atoms with van der Waals surface area (Å²) >= 11 is 0. The molecule has 5 nitrogen and oxygen atoms in total. The third kappa shape index (κ3) is 4.58. The second-order valence-electron chi connectivity index (χ2n) is 6.98. The van der Waals surface area contributed by atoms with Crippen LogP contribution in [-0.4, -0.2) is 22.4 Å². The monoisotopic (exact) mass is 398 g/mol. The molecule has 0 fully saturated rings. The molecule has 0 spiro atoms. The normalized spacial score (nSPS) is 12.9. The third-order valence-electron chi connectivity index (χ3n) is 4.26. The smallest absolute Gasteiger partial charge is 0.273 e. The summed E-state index contributed by atoms with van der Waals surface area (Å²) < 4.78 is 54.2. The number of aryl methyl sites for hydroxylation is 1. The number of nitrogens with one attached hydrogen (secondary N) is 3. The first-order valence-corrected chi connectivity index (χ1v) is 8.64. The van der Waals surface area contributed by atoms with Gasteiger partial charge in [-0.15, -0.1) is 0 Å². The van der Waals surface area contributed by atoms with Gasteiger partial charge < -0.3 is 15.7 Å². The number of hydrogen-bond acceptors (Lipinski definition) is 4. The molecule has 0 aliphatic rings. The zero-order chi connectivity index (χ0) is 21.2. The Bertz CT molecular complexity index is 935. The summed E-state index contributed by atoms with van der Waals surface area (Å²) in [7, 11) is 0. The fourth-order valence-corrected chi connectivity index (χ4v) is 2.90. The van der Waals surface area contributed by atoms with Crippen LogP contribution in [0.4, 0.5) is 23.4 Å². The highest BCUT2D eigenvalue weighted by atomic mass is 19.3. The Morgan fingerprint density at radius 2 is 2.00 bits per heavy atom. The van der Waals surface area contributed by atoms with E-state index in [2.05, 4.69) is 15.3 Å². The number of rotatable bonds is 7. The van der Waals surface area contributed by atoms with Crippen molar-refractivity contribution in [1.82, 2.24) is 9.97 Å². The molecule has 0 saturated carbocycles. The lowest BCUT2D eigenvalue weighted by molar-refractivity contribution is 0.0137. The van der Waals surface area contributed by atoms with E-state index in [1.54, 1.807) is 13.8 Å². The maximum atomic E-state index is 14.2. The molecule has 1 aromatic carbocycles. The van der Waals surface area contributed by atoms with Gasteiger partial charge in [-0.05, 0) is 30.5 Å². The number of anilines is 1. The van der Waals surface area contributed by atoms with Gasteiger partial charge in [-0.25, -0.2) is 22.5 Å². The van der Waals surface area contributed by atoms with Crippen molar-refractivity contribution in [3.05, 3.63) is 56.9 Å². The molecule has 1 aromatic heterocycles. The molecule has 9 heteroatoms. The number of hydrogen-bond donors (Lipinski definition) is 3. The summed E-state index contributed by atoms with van der Waals surface area (Å²) in [4.78, 5) is 18.7. The van der Waals surface area contributed by atoms with Crippen LogP contribution in [0.5, 0.6) is 0 Å². The van der Waals surface area contributed by atoms with Crippen LogP contribution >= 0.6 is 0 Å². The Morgan fingerprint density at radius 3 is 2.50 bits per heavy atom. The average molecular weight is 398 g/mol. The number of alkyl halides is 3. The van der Waals surface area contributed by atoms with Crippen molar-refractivity contribution >= 4 is 11.5 Å². The van der Waals surface area contributed by atoms with Crippen LogP contribution in [0.25, 0.3) is 0 Å². The molecule has 2 rings (SSSR count). The van der Waals surface area contributed by atoms with Crippen molar-refractivity contribution < 1.29 is 17.6 Å². The topological polar surface area (TPSA) is 81.6 Å². The van der Waals surface area contributed by atoms with E-state index in [4.69, 9.17) is 5.41 Å². The molecule has 0 amide bonds. The largest absolute Gasteiger partial charge is 0.362 e. The SMILES string of the molecule is Cc1nc(NC(c2ccc(C(C)(F)F)c(F)c2)C(C)C)c(C(=N)CF)c(=O)[nH]1. The molecule has 1 heterocycles. The fraction of sp³-hybridized carbons (Fsp3) is 0.421. The average Bonchev–Trinajstić information content (AvgIpc) is 2.57. The second-order valence-corrected chi connectivity index (χ2v) is 6.98. The van der Waals surface area contributed by atoms with Gasteiger partial charge in [0.1, 0.15) is 29.7 Å². The lowest BCUT2D eigenvalue weighted by Gasteiger charge is -2.25. The van der Waals surface area contributed by atoms with Crippen LogP contribution in [0.1, 0.15) is 49.3 Å². The molecule has 1 unspecified atom stereocenters. The van der Waals surface area contributed by atoms with Crippen LogP contribution < -0.4 is 10.9 Å². The standard InChI is InChI=1S/C19H22F4N4O/c1-9(2)16(11-5-6-12(13(21)7-11)19(4,22)23)27-17-15(14(24)8-20)18(28)26-10(3)25-17/h5-7,9,16,24H,8H2,1-4H3,(H2,25,26,27,28). The first kappa shape index (κ1) is 21.6. The van der Waals surface area contributed by atoms with Gasteiger partial charge in [-0.2, -0.15) is 0 Å². The predicted octanol–water partition coefficient (Wildman–Crippen LogP) is 4.48. The van der Waals surface area contributed by atoms with Gasteiger partial charge in [0.15, 0.2) is 0 Å². The minimum absolute atomic E-state index is 0.0205. The van der Waals surface area contributed by atoms with Crippen molar-refractivity contribution in [2.45, 2.75) is 39.7 Å². The van der Waals surface area contributed by atoms with E-state index in [0.717, 1.165) is 12.1 Å². The Morgan fingerprint density at radius 1 is 1.36 bits per heavy atom. The summed E-state index contributed by atoms with van der Waals surface area (Å²) in [6.45, 7) is 4.58. The van der Waals surface area contributed by atoms with Gasteiger partial charge in [0.05, 0.1) is 17.3 Å². The Labute approximate surface area is 159 Å². The van der Waals surface area contributed by atoms with E-state index in [1.165, 1.54) is 13.0 Å². The van der Waals surface area contributed by atoms with E-state index < -0.39 is 41.3 Å². The molecule has 0 aliphatic carbocycles. The molecule has 0 aliphatic heterocycles. The molecule has 3 N–H and O–H groups in total. The zero-order valence-corrected chi connectivity index (χ0v) is 16.0. The Kier molecular flexibility index (Phi) is 6.26. The number of benzene rings is 1. The first-order valence-electron chi connectivity index (χ1n) is 8.64. The van der Waals surface area contributed by atoms with Gasteiger partial charge in [0.2, 0.25) is 0 Å². The van der Waals surface area contributed by atoms with E-state index in [9.17, 15) is 22.4 Å². The summed E-state index contributed by atoms with van der Waals surface area (Å²) in [6, 6.07) is 2.77. The maximum absolute atomic E-state index is 14.2. The molecular formula is C19H22F4N4O. The summed E-state index contributed by atoms with van der Waals surface area (Å²) in [5, 5.41) is 10.7. The first-order chi connectivity index (χ1) is 13.0. The Hall–Kier alpha value is -2.71. The molecule has 0 radical (unpaired) electrons. The van der Waals surface area contributed by atoms with Crippen LogP contribution in [0, 0.1) is 24.1 Å². The van der Waals surface area contributed by atoms with Crippen molar-refractivity contribution in [1.29, 1.82) is 5.41 Å². The van der Waals surface area contributed by atoms with Crippen molar-refractivity contribution in [2.75, 3.05) is 12.0 Å². The van der Waals surface area contributed by atoms with Crippen LogP contribution in [0.3, 0.4) is 0 Å². The van der Waals surface area contributed by atoms with Gasteiger partial charge in [-0.1, -0.05) is 19.9 Å². The number of H-pyrrole nitrogens is 1. The van der Waals surface area contributed by atoms with Crippen molar-refractivity contribution in [3.63, 3.8) is 0 Å². The highest BCUT2D eigenvalue weighted by Crippen LogP contribution is 2.33. The van der Waals surface area contributed by atoms with E-state index in [1.807, 2.05) is 0 Å². The predicted molar refractivity (Wildman–Crippen MR) is 99.6 cm³/mol. The van der Waals surface area contributed by atoms with Crippen molar-refractivity contribution in [3.8, 4) is 0 Å². The van der Waals surface area contributed by atoms with Gasteiger partial charge in [0.25, 0.3) is 11.5 Å². The maximum Gasteiger partial charge on any atom is 0.273 e. The minimum Gasteiger partial charge on any atom is -0.362 e. The molecule has 1 atom stereocenters. The summed E-state index contributed by atoms with van der Waals surface area (Å²) in [5.74, 6) is -4.31. The van der Waals surface area contributed by atoms with Gasteiger partial charge in [0, 0.05) is 6.92 Å².